The highest BCUT2D eigenvalue weighted by Gasteiger charge is 2.28. The quantitative estimate of drug-likeness (QED) is 0.301. The number of carbonyl (C=O) groups is 1. The number of benzene rings is 2. The fourth-order valence-corrected chi connectivity index (χ4v) is 4.83. The second-order valence-corrected chi connectivity index (χ2v) is 9.34. The van der Waals surface area contributed by atoms with Crippen LogP contribution in [0.4, 0.5) is 11.4 Å². The molecule has 2 N–H and O–H groups in total. The first kappa shape index (κ1) is 25.5. The molecule has 0 aliphatic carbocycles. The number of morpholine rings is 1. The number of pyridine rings is 1. The lowest BCUT2D eigenvalue weighted by Gasteiger charge is -2.26. The van der Waals surface area contributed by atoms with Gasteiger partial charge in [-0.3, -0.25) is 19.7 Å². The summed E-state index contributed by atoms with van der Waals surface area (Å²) in [5, 5.41) is 7.33. The second kappa shape index (κ2) is 11.2. The SMILES string of the molecule is COc1ccc(C(=O)N(c2ccccc2)c2cn[nH]c2-c2nc3ccc(CN4CCOCC4)cc3[nH]2)c(OC)n1. The van der Waals surface area contributed by atoms with Crippen LogP contribution in [0.1, 0.15) is 15.9 Å². The van der Waals surface area contributed by atoms with E-state index in [0.29, 0.717) is 28.8 Å². The third-order valence-corrected chi connectivity index (χ3v) is 6.84. The summed E-state index contributed by atoms with van der Waals surface area (Å²) < 4.78 is 16.1. The van der Waals surface area contributed by atoms with Crippen molar-refractivity contribution in [2.75, 3.05) is 45.4 Å². The summed E-state index contributed by atoms with van der Waals surface area (Å²) in [7, 11) is 2.98. The molecule has 5 aromatic rings. The van der Waals surface area contributed by atoms with Gasteiger partial charge in [0.2, 0.25) is 11.8 Å². The number of aromatic amines is 2. The first-order chi connectivity index (χ1) is 19.6. The Labute approximate surface area is 230 Å². The van der Waals surface area contributed by atoms with Gasteiger partial charge in [0.05, 0.1) is 50.4 Å². The van der Waals surface area contributed by atoms with Crippen LogP contribution in [0.15, 0.2) is 66.9 Å². The van der Waals surface area contributed by atoms with Crippen molar-refractivity contribution in [3.63, 3.8) is 0 Å². The lowest BCUT2D eigenvalue weighted by atomic mass is 10.1. The second-order valence-electron chi connectivity index (χ2n) is 9.34. The van der Waals surface area contributed by atoms with Crippen LogP contribution < -0.4 is 14.4 Å². The summed E-state index contributed by atoms with van der Waals surface area (Å²) in [6.45, 7) is 4.20. The number of hydrogen-bond donors (Lipinski definition) is 2. The number of anilines is 2. The highest BCUT2D eigenvalue weighted by molar-refractivity contribution is 6.13. The van der Waals surface area contributed by atoms with Gasteiger partial charge in [0, 0.05) is 31.4 Å². The van der Waals surface area contributed by atoms with Crippen molar-refractivity contribution in [2.24, 2.45) is 0 Å². The van der Waals surface area contributed by atoms with Gasteiger partial charge in [0.25, 0.3) is 5.91 Å². The zero-order valence-electron chi connectivity index (χ0n) is 22.3. The zero-order chi connectivity index (χ0) is 27.5. The van der Waals surface area contributed by atoms with Crippen LogP contribution in [-0.4, -0.2) is 76.5 Å². The van der Waals surface area contributed by atoms with Gasteiger partial charge in [0.1, 0.15) is 11.3 Å². The molecule has 1 saturated heterocycles. The third-order valence-electron chi connectivity index (χ3n) is 6.84. The minimum atomic E-state index is -0.343. The van der Waals surface area contributed by atoms with E-state index >= 15 is 0 Å². The number of methoxy groups -OCH3 is 2. The Morgan fingerprint density at radius 2 is 1.85 bits per heavy atom. The number of hydrogen-bond acceptors (Lipinski definition) is 8. The van der Waals surface area contributed by atoms with Crippen molar-refractivity contribution in [1.82, 2.24) is 30.0 Å². The lowest BCUT2D eigenvalue weighted by Crippen LogP contribution is -2.35. The number of carbonyl (C=O) groups excluding carboxylic acids is 1. The van der Waals surface area contributed by atoms with E-state index in [1.54, 1.807) is 23.2 Å². The normalized spacial score (nSPS) is 13.8. The molecule has 1 amide bonds. The van der Waals surface area contributed by atoms with E-state index < -0.39 is 0 Å². The van der Waals surface area contributed by atoms with E-state index in [4.69, 9.17) is 19.2 Å². The van der Waals surface area contributed by atoms with Crippen LogP contribution in [-0.2, 0) is 11.3 Å². The van der Waals surface area contributed by atoms with Crippen LogP contribution in [0.25, 0.3) is 22.6 Å². The van der Waals surface area contributed by atoms with E-state index in [-0.39, 0.29) is 17.4 Å². The van der Waals surface area contributed by atoms with Crippen molar-refractivity contribution in [2.45, 2.75) is 6.54 Å². The average Bonchev–Trinajstić information content (AvgIpc) is 3.65. The summed E-state index contributed by atoms with van der Waals surface area (Å²) in [6, 6.07) is 18.8. The van der Waals surface area contributed by atoms with Crippen LogP contribution in [0, 0.1) is 0 Å². The van der Waals surface area contributed by atoms with Gasteiger partial charge in [-0.15, -0.1) is 0 Å². The number of fused-ring (bicyclic) bond motifs is 1. The van der Waals surface area contributed by atoms with Crippen molar-refractivity contribution in [1.29, 1.82) is 0 Å². The number of nitrogens with zero attached hydrogens (tertiary/aromatic N) is 5. The summed E-state index contributed by atoms with van der Waals surface area (Å²) >= 11 is 0. The predicted octanol–water partition coefficient (Wildman–Crippen LogP) is 4.18. The Morgan fingerprint density at radius 3 is 2.62 bits per heavy atom. The average molecular weight is 540 g/mol. The number of ether oxygens (including phenoxy) is 3. The molecule has 0 atom stereocenters. The first-order valence-electron chi connectivity index (χ1n) is 13.0. The van der Waals surface area contributed by atoms with Crippen molar-refractivity contribution in [3.8, 4) is 23.3 Å². The minimum absolute atomic E-state index is 0.159. The molecule has 3 aromatic heterocycles. The molecule has 0 unspecified atom stereocenters. The number of amides is 1. The monoisotopic (exact) mass is 539 g/mol. The van der Waals surface area contributed by atoms with Crippen LogP contribution >= 0.6 is 0 Å². The minimum Gasteiger partial charge on any atom is -0.481 e. The first-order valence-corrected chi connectivity index (χ1v) is 13.0. The molecule has 1 aliphatic heterocycles. The Kier molecular flexibility index (Phi) is 7.13. The van der Waals surface area contributed by atoms with Gasteiger partial charge in [-0.2, -0.15) is 10.1 Å². The number of para-hydroxylation sites is 1. The lowest BCUT2D eigenvalue weighted by molar-refractivity contribution is 0.0342. The standard InChI is InChI=1S/C29H29N7O4/c1-38-25-11-9-21(28(33-25)39-2)29(37)36(20-6-4-3-5-7-20)24-17-30-34-26(24)27-31-22-10-8-19(16-23(22)32-27)18-35-12-14-40-15-13-35/h3-11,16-17H,12-15,18H2,1-2H3,(H,30,34)(H,31,32). The van der Waals surface area contributed by atoms with Gasteiger partial charge in [-0.1, -0.05) is 24.3 Å². The molecule has 1 aliphatic rings. The molecule has 6 rings (SSSR count). The molecule has 11 nitrogen and oxygen atoms in total. The van der Waals surface area contributed by atoms with Crippen molar-refractivity contribution < 1.29 is 19.0 Å². The molecule has 1 fully saturated rings. The van der Waals surface area contributed by atoms with Crippen LogP contribution in [0.5, 0.6) is 11.8 Å². The van der Waals surface area contributed by atoms with Gasteiger partial charge < -0.3 is 19.2 Å². The molecule has 204 valence electrons. The van der Waals surface area contributed by atoms with E-state index in [0.717, 1.165) is 43.9 Å². The summed E-state index contributed by atoms with van der Waals surface area (Å²) in [4.78, 5) is 30.6. The van der Waals surface area contributed by atoms with E-state index in [1.165, 1.54) is 19.8 Å². The highest BCUT2D eigenvalue weighted by atomic mass is 16.5. The molecule has 40 heavy (non-hydrogen) atoms. The Bertz CT molecular complexity index is 1630. The Morgan fingerprint density at radius 1 is 1.02 bits per heavy atom. The topological polar surface area (TPSA) is 121 Å². The molecule has 0 radical (unpaired) electrons. The highest BCUT2D eigenvalue weighted by Crippen LogP contribution is 2.36. The predicted molar refractivity (Wildman–Crippen MR) is 150 cm³/mol. The van der Waals surface area contributed by atoms with Crippen molar-refractivity contribution >= 4 is 28.3 Å². The Hall–Kier alpha value is -4.74. The molecular formula is C29H29N7O4. The number of rotatable bonds is 8. The number of H-pyrrole nitrogens is 2. The molecule has 2 aromatic carbocycles. The smallest absolute Gasteiger partial charge is 0.268 e. The van der Waals surface area contributed by atoms with Gasteiger partial charge in [0.15, 0.2) is 5.82 Å². The van der Waals surface area contributed by atoms with E-state index in [2.05, 4.69) is 37.2 Å². The van der Waals surface area contributed by atoms with Gasteiger partial charge in [-0.25, -0.2) is 4.98 Å². The number of imidazole rings is 1. The molecule has 11 heteroatoms. The number of aromatic nitrogens is 5. The zero-order valence-corrected chi connectivity index (χ0v) is 22.3. The fourth-order valence-electron chi connectivity index (χ4n) is 4.83. The van der Waals surface area contributed by atoms with Crippen LogP contribution in [0.3, 0.4) is 0 Å². The maximum Gasteiger partial charge on any atom is 0.268 e. The maximum absolute atomic E-state index is 14.1. The molecule has 4 heterocycles. The summed E-state index contributed by atoms with van der Waals surface area (Å²) in [5.41, 5.74) is 4.94. The van der Waals surface area contributed by atoms with Crippen LogP contribution in [0.2, 0.25) is 0 Å². The van der Waals surface area contributed by atoms with E-state index in [1.807, 2.05) is 36.4 Å². The molecule has 0 saturated carbocycles. The third kappa shape index (κ3) is 4.99. The fraction of sp³-hybridized carbons (Fsp3) is 0.241. The molecular weight excluding hydrogens is 510 g/mol. The largest absolute Gasteiger partial charge is 0.481 e. The maximum atomic E-state index is 14.1. The van der Waals surface area contributed by atoms with Crippen molar-refractivity contribution in [3.05, 3.63) is 78.0 Å². The Balaban J connectivity index is 1.38. The summed E-state index contributed by atoms with van der Waals surface area (Å²) in [6.07, 6.45) is 1.61. The van der Waals surface area contributed by atoms with Gasteiger partial charge in [-0.05, 0) is 35.9 Å². The molecule has 0 spiro atoms. The molecule has 0 bridgehead atoms. The van der Waals surface area contributed by atoms with Gasteiger partial charge >= 0.3 is 0 Å². The summed E-state index contributed by atoms with van der Waals surface area (Å²) in [5.74, 6) is 0.732. The van der Waals surface area contributed by atoms with E-state index in [9.17, 15) is 4.79 Å². The number of nitrogens with one attached hydrogen (secondary N) is 2.